The minimum absolute atomic E-state index is 0.145. The fourth-order valence-electron chi connectivity index (χ4n) is 1.40. The van der Waals surface area contributed by atoms with Crippen molar-refractivity contribution in [3.63, 3.8) is 0 Å². The first-order valence-electron chi connectivity index (χ1n) is 5.10. The summed E-state index contributed by atoms with van der Waals surface area (Å²) in [7, 11) is 0. The van der Waals surface area contributed by atoms with Gasteiger partial charge in [0.25, 0.3) is 5.91 Å². The number of hydrogen-bond acceptors (Lipinski definition) is 3. The Morgan fingerprint density at radius 1 is 1.47 bits per heavy atom. The molecule has 2 aromatic rings. The summed E-state index contributed by atoms with van der Waals surface area (Å²) in [5, 5.41) is 2.78. The number of nitrogens with zero attached hydrogens (tertiary/aromatic N) is 1. The number of aryl methyl sites for hydroxylation is 1. The monoisotopic (exact) mass is 294 g/mol. The molecule has 88 valence electrons. The summed E-state index contributed by atoms with van der Waals surface area (Å²) in [6, 6.07) is 7.27. The number of oxazole rings is 1. The summed E-state index contributed by atoms with van der Waals surface area (Å²) in [4.78, 5) is 15.8. The molecule has 0 bridgehead atoms. The van der Waals surface area contributed by atoms with Crippen molar-refractivity contribution in [2.24, 2.45) is 0 Å². The first-order chi connectivity index (χ1) is 8.18. The highest BCUT2D eigenvalue weighted by molar-refractivity contribution is 9.10. The molecule has 17 heavy (non-hydrogen) atoms. The van der Waals surface area contributed by atoms with Crippen molar-refractivity contribution >= 4 is 21.8 Å². The molecule has 5 heteroatoms. The van der Waals surface area contributed by atoms with E-state index in [2.05, 4.69) is 26.2 Å². The third-order valence-corrected chi connectivity index (χ3v) is 3.06. The van der Waals surface area contributed by atoms with E-state index in [1.807, 2.05) is 25.1 Å². The normalized spacial score (nSPS) is 10.2. The Morgan fingerprint density at radius 3 is 2.88 bits per heavy atom. The molecule has 0 aliphatic carbocycles. The molecule has 0 saturated heterocycles. The Balaban J connectivity index is 2.04. The molecule has 0 radical (unpaired) electrons. The summed E-state index contributed by atoms with van der Waals surface area (Å²) in [6.07, 6.45) is 1.37. The Morgan fingerprint density at radius 2 is 2.24 bits per heavy atom. The van der Waals surface area contributed by atoms with E-state index in [1.165, 1.54) is 6.39 Å². The molecule has 0 aliphatic heterocycles. The molecule has 0 spiro atoms. The smallest absolute Gasteiger partial charge is 0.252 e. The zero-order chi connectivity index (χ0) is 12.3. The van der Waals surface area contributed by atoms with E-state index in [0.717, 1.165) is 10.2 Å². The minimum Gasteiger partial charge on any atom is -0.446 e. The fraction of sp³-hybridized carbons (Fsp3) is 0.167. The summed E-state index contributed by atoms with van der Waals surface area (Å²) in [5.41, 5.74) is 1.39. The molecule has 0 aliphatic rings. The minimum atomic E-state index is -0.145. The van der Waals surface area contributed by atoms with Gasteiger partial charge in [0, 0.05) is 4.47 Å². The third-order valence-electron chi connectivity index (χ3n) is 2.37. The number of aromatic nitrogens is 1. The number of amides is 1. The van der Waals surface area contributed by atoms with Gasteiger partial charge in [-0.1, -0.05) is 12.1 Å². The van der Waals surface area contributed by atoms with Gasteiger partial charge in [-0.25, -0.2) is 4.98 Å². The third kappa shape index (κ3) is 2.74. The number of nitrogens with one attached hydrogen (secondary N) is 1. The Labute approximate surface area is 107 Å². The molecule has 2 rings (SSSR count). The van der Waals surface area contributed by atoms with Crippen molar-refractivity contribution in [1.29, 1.82) is 0 Å². The van der Waals surface area contributed by atoms with E-state index >= 15 is 0 Å². The maximum atomic E-state index is 11.9. The maximum absolute atomic E-state index is 11.9. The van der Waals surface area contributed by atoms with Crippen molar-refractivity contribution in [2.75, 3.05) is 0 Å². The Bertz CT molecular complexity index is 537. The summed E-state index contributed by atoms with van der Waals surface area (Å²) in [5.74, 6) is 0.527. The van der Waals surface area contributed by atoms with Crippen molar-refractivity contribution in [3.8, 4) is 0 Å². The SMILES string of the molecule is Cc1ncoc1CNC(=O)c1ccccc1Br. The fourth-order valence-corrected chi connectivity index (χ4v) is 1.86. The van der Waals surface area contributed by atoms with Crippen LogP contribution in [0.5, 0.6) is 0 Å². The number of carbonyl (C=O) groups is 1. The van der Waals surface area contributed by atoms with E-state index in [-0.39, 0.29) is 5.91 Å². The second kappa shape index (κ2) is 5.14. The van der Waals surface area contributed by atoms with Gasteiger partial charge in [0.2, 0.25) is 0 Å². The zero-order valence-corrected chi connectivity index (χ0v) is 10.8. The van der Waals surface area contributed by atoms with Gasteiger partial charge in [0.15, 0.2) is 6.39 Å². The second-order valence-corrected chi connectivity index (χ2v) is 4.38. The van der Waals surface area contributed by atoms with E-state index in [1.54, 1.807) is 6.07 Å². The van der Waals surface area contributed by atoms with Crippen molar-refractivity contribution < 1.29 is 9.21 Å². The van der Waals surface area contributed by atoms with E-state index in [4.69, 9.17) is 4.42 Å². The molecule has 1 heterocycles. The van der Waals surface area contributed by atoms with Crippen molar-refractivity contribution in [3.05, 3.63) is 52.1 Å². The number of carbonyl (C=O) groups excluding carboxylic acids is 1. The van der Waals surface area contributed by atoms with Gasteiger partial charge in [-0.2, -0.15) is 0 Å². The molecule has 0 saturated carbocycles. The summed E-state index contributed by atoms with van der Waals surface area (Å²) < 4.78 is 5.91. The molecule has 1 aromatic heterocycles. The lowest BCUT2D eigenvalue weighted by Gasteiger charge is -2.05. The van der Waals surface area contributed by atoms with Crippen molar-refractivity contribution in [2.45, 2.75) is 13.5 Å². The van der Waals surface area contributed by atoms with Crippen LogP contribution in [0.25, 0.3) is 0 Å². The summed E-state index contributed by atoms with van der Waals surface area (Å²) >= 11 is 3.33. The van der Waals surface area contributed by atoms with Crippen LogP contribution < -0.4 is 5.32 Å². The lowest BCUT2D eigenvalue weighted by molar-refractivity contribution is 0.0947. The maximum Gasteiger partial charge on any atom is 0.252 e. The predicted molar refractivity (Wildman–Crippen MR) is 66.6 cm³/mol. The number of halogens is 1. The van der Waals surface area contributed by atoms with Crippen LogP contribution in [0.1, 0.15) is 21.8 Å². The Kier molecular flexibility index (Phi) is 3.58. The van der Waals surface area contributed by atoms with E-state index in [0.29, 0.717) is 17.9 Å². The van der Waals surface area contributed by atoms with Crippen LogP contribution in [0, 0.1) is 6.92 Å². The number of benzene rings is 1. The van der Waals surface area contributed by atoms with Gasteiger partial charge >= 0.3 is 0 Å². The van der Waals surface area contributed by atoms with Crippen molar-refractivity contribution in [1.82, 2.24) is 10.3 Å². The predicted octanol–water partition coefficient (Wildman–Crippen LogP) is 2.68. The zero-order valence-electron chi connectivity index (χ0n) is 9.24. The standard InChI is InChI=1S/C12H11BrN2O2/c1-8-11(17-7-15-8)6-14-12(16)9-4-2-3-5-10(9)13/h2-5,7H,6H2,1H3,(H,14,16). The van der Waals surface area contributed by atoms with Gasteiger partial charge in [-0.15, -0.1) is 0 Å². The second-order valence-electron chi connectivity index (χ2n) is 3.52. The van der Waals surface area contributed by atoms with Gasteiger partial charge in [-0.05, 0) is 35.0 Å². The highest BCUT2D eigenvalue weighted by Gasteiger charge is 2.10. The molecular formula is C12H11BrN2O2. The largest absolute Gasteiger partial charge is 0.446 e. The molecule has 1 aromatic carbocycles. The average molecular weight is 295 g/mol. The highest BCUT2D eigenvalue weighted by Crippen LogP contribution is 2.15. The Hall–Kier alpha value is -1.62. The van der Waals surface area contributed by atoms with Crippen LogP contribution in [0.3, 0.4) is 0 Å². The lowest BCUT2D eigenvalue weighted by atomic mass is 10.2. The molecule has 4 nitrogen and oxygen atoms in total. The van der Waals surface area contributed by atoms with Crippen LogP contribution in [-0.2, 0) is 6.54 Å². The van der Waals surface area contributed by atoms with Gasteiger partial charge in [0.1, 0.15) is 5.76 Å². The molecular weight excluding hydrogens is 284 g/mol. The first-order valence-corrected chi connectivity index (χ1v) is 5.89. The highest BCUT2D eigenvalue weighted by atomic mass is 79.9. The van der Waals surface area contributed by atoms with E-state index in [9.17, 15) is 4.79 Å². The van der Waals surface area contributed by atoms with Crippen LogP contribution in [-0.4, -0.2) is 10.9 Å². The topological polar surface area (TPSA) is 55.1 Å². The molecule has 1 amide bonds. The number of hydrogen-bond donors (Lipinski definition) is 1. The average Bonchev–Trinajstić information content (AvgIpc) is 2.72. The van der Waals surface area contributed by atoms with E-state index < -0.39 is 0 Å². The van der Waals surface area contributed by atoms with Crippen LogP contribution in [0.2, 0.25) is 0 Å². The first kappa shape index (κ1) is 11.9. The van der Waals surface area contributed by atoms with Gasteiger partial charge in [-0.3, -0.25) is 4.79 Å². The summed E-state index contributed by atoms with van der Waals surface area (Å²) in [6.45, 7) is 2.18. The number of rotatable bonds is 3. The molecule has 0 atom stereocenters. The molecule has 1 N–H and O–H groups in total. The van der Waals surface area contributed by atoms with Crippen LogP contribution >= 0.6 is 15.9 Å². The van der Waals surface area contributed by atoms with Gasteiger partial charge < -0.3 is 9.73 Å². The van der Waals surface area contributed by atoms with Crippen LogP contribution in [0.4, 0.5) is 0 Å². The van der Waals surface area contributed by atoms with Crippen LogP contribution in [0.15, 0.2) is 39.5 Å². The quantitative estimate of drug-likeness (QED) is 0.947. The molecule has 0 fully saturated rings. The van der Waals surface area contributed by atoms with Gasteiger partial charge in [0.05, 0.1) is 17.8 Å². The lowest BCUT2D eigenvalue weighted by Crippen LogP contribution is -2.23. The molecule has 0 unspecified atom stereocenters.